The molecule has 2 aromatic carbocycles. The fraction of sp³-hybridized carbons (Fsp3) is 0.528. The number of carbonyl (C=O) groups excluding carboxylic acids is 1. The second kappa shape index (κ2) is 13.4. The molecule has 3 aliphatic heterocycles. The summed E-state index contributed by atoms with van der Waals surface area (Å²) in [6.45, 7) is 7.73. The van der Waals surface area contributed by atoms with Crippen molar-refractivity contribution < 1.29 is 19.0 Å². The summed E-state index contributed by atoms with van der Waals surface area (Å²) in [6, 6.07) is 22.1. The standard InChI is InChI=1S/C36H45N5O4/c1-3-44-35-29(34(43-2)37-33(38-35)27-16-17-27)23-39-21-28-22-40(36(42)31-15-10-20-45-31)18-19-41(28)30(24-39)32(25-11-6-4-7-12-25)26-13-8-5-9-14-26/h4-9,11-14,27-28,30-32H,3,10,15-24H2,1-2H3/t28-,30?,31+/m1/s1. The molecule has 3 saturated heterocycles. The molecule has 9 heteroatoms. The summed E-state index contributed by atoms with van der Waals surface area (Å²) < 4.78 is 17.8. The van der Waals surface area contributed by atoms with Crippen molar-refractivity contribution in [3.8, 4) is 11.8 Å². The van der Waals surface area contributed by atoms with Gasteiger partial charge in [-0.3, -0.25) is 14.6 Å². The summed E-state index contributed by atoms with van der Waals surface area (Å²) >= 11 is 0. The number of benzene rings is 2. The van der Waals surface area contributed by atoms with Crippen molar-refractivity contribution >= 4 is 5.91 Å². The molecule has 9 nitrogen and oxygen atoms in total. The minimum absolute atomic E-state index is 0.146. The highest BCUT2D eigenvalue weighted by Crippen LogP contribution is 2.41. The quantitative estimate of drug-likeness (QED) is 0.333. The second-order valence-corrected chi connectivity index (χ2v) is 12.8. The van der Waals surface area contributed by atoms with Crippen molar-refractivity contribution in [2.45, 2.75) is 69.2 Å². The summed E-state index contributed by atoms with van der Waals surface area (Å²) in [5, 5.41) is 0. The van der Waals surface area contributed by atoms with Crippen LogP contribution in [0.15, 0.2) is 60.7 Å². The van der Waals surface area contributed by atoms with Gasteiger partial charge in [-0.2, -0.15) is 9.97 Å². The van der Waals surface area contributed by atoms with Crippen LogP contribution in [0, 0.1) is 0 Å². The number of hydrogen-bond acceptors (Lipinski definition) is 8. The van der Waals surface area contributed by atoms with Gasteiger partial charge in [0.25, 0.3) is 5.91 Å². The number of fused-ring (bicyclic) bond motifs is 1. The van der Waals surface area contributed by atoms with E-state index in [2.05, 4.69) is 75.4 Å². The van der Waals surface area contributed by atoms with Crippen LogP contribution in [0.25, 0.3) is 0 Å². The number of nitrogens with zero attached hydrogens (tertiary/aromatic N) is 5. The smallest absolute Gasteiger partial charge is 0.251 e. The number of amides is 1. The number of hydrogen-bond donors (Lipinski definition) is 0. The highest BCUT2D eigenvalue weighted by Gasteiger charge is 2.44. The van der Waals surface area contributed by atoms with Crippen LogP contribution in [0.3, 0.4) is 0 Å². The average molecular weight is 612 g/mol. The minimum Gasteiger partial charge on any atom is -0.481 e. The molecule has 0 N–H and O–H groups in total. The molecule has 1 aromatic heterocycles. The maximum absolute atomic E-state index is 13.5. The summed E-state index contributed by atoms with van der Waals surface area (Å²) in [5.41, 5.74) is 3.50. The van der Waals surface area contributed by atoms with Gasteiger partial charge in [0.05, 0.1) is 19.3 Å². The molecule has 7 rings (SSSR count). The van der Waals surface area contributed by atoms with E-state index in [1.54, 1.807) is 7.11 Å². The molecule has 238 valence electrons. The molecule has 0 radical (unpaired) electrons. The Balaban J connectivity index is 1.24. The Kier molecular flexibility index (Phi) is 9.01. The first-order valence-electron chi connectivity index (χ1n) is 16.7. The average Bonchev–Trinajstić information content (AvgIpc) is 3.79. The van der Waals surface area contributed by atoms with Gasteiger partial charge in [-0.05, 0) is 43.7 Å². The molecule has 0 spiro atoms. The van der Waals surface area contributed by atoms with Crippen molar-refractivity contribution in [1.29, 1.82) is 0 Å². The fourth-order valence-corrected chi connectivity index (χ4v) is 7.54. The van der Waals surface area contributed by atoms with E-state index in [-0.39, 0.29) is 30.0 Å². The molecular weight excluding hydrogens is 566 g/mol. The molecule has 1 aliphatic carbocycles. The molecular formula is C36H45N5O4. The predicted molar refractivity (Wildman–Crippen MR) is 172 cm³/mol. The maximum Gasteiger partial charge on any atom is 0.251 e. The Morgan fingerprint density at radius 3 is 2.27 bits per heavy atom. The van der Waals surface area contributed by atoms with Crippen LogP contribution in [0.1, 0.15) is 67.0 Å². The van der Waals surface area contributed by atoms with E-state index in [0.717, 1.165) is 63.3 Å². The molecule has 3 aromatic rings. The molecule has 4 fully saturated rings. The van der Waals surface area contributed by atoms with Crippen LogP contribution in [-0.2, 0) is 16.1 Å². The maximum atomic E-state index is 13.5. The molecule has 45 heavy (non-hydrogen) atoms. The van der Waals surface area contributed by atoms with Gasteiger partial charge in [-0.1, -0.05) is 60.7 Å². The van der Waals surface area contributed by atoms with Crippen LogP contribution in [0.2, 0.25) is 0 Å². The topological polar surface area (TPSA) is 80.3 Å². The number of methoxy groups -OCH3 is 1. The third-order valence-electron chi connectivity index (χ3n) is 9.83. The molecule has 1 amide bonds. The van der Waals surface area contributed by atoms with Crippen LogP contribution < -0.4 is 9.47 Å². The first kappa shape index (κ1) is 30.1. The van der Waals surface area contributed by atoms with Gasteiger partial charge in [-0.15, -0.1) is 0 Å². The van der Waals surface area contributed by atoms with Gasteiger partial charge in [0, 0.05) is 69.8 Å². The highest BCUT2D eigenvalue weighted by atomic mass is 16.5. The summed E-state index contributed by atoms with van der Waals surface area (Å²) in [6.07, 6.45) is 3.70. The molecule has 4 heterocycles. The fourth-order valence-electron chi connectivity index (χ4n) is 7.54. The number of rotatable bonds is 10. The third-order valence-corrected chi connectivity index (χ3v) is 9.83. The molecule has 0 bridgehead atoms. The van der Waals surface area contributed by atoms with Crippen molar-refractivity contribution in [3.05, 3.63) is 83.2 Å². The number of carbonyl (C=O) groups is 1. The van der Waals surface area contributed by atoms with Crippen LogP contribution in [0.5, 0.6) is 11.8 Å². The first-order chi connectivity index (χ1) is 22.1. The third kappa shape index (κ3) is 6.44. The largest absolute Gasteiger partial charge is 0.481 e. The van der Waals surface area contributed by atoms with Crippen LogP contribution in [0.4, 0.5) is 0 Å². The number of aromatic nitrogens is 2. The number of piperazine rings is 2. The predicted octanol–water partition coefficient (Wildman–Crippen LogP) is 4.47. The lowest BCUT2D eigenvalue weighted by Crippen LogP contribution is -2.67. The molecule has 4 aliphatic rings. The lowest BCUT2D eigenvalue weighted by molar-refractivity contribution is -0.146. The zero-order valence-electron chi connectivity index (χ0n) is 26.5. The van der Waals surface area contributed by atoms with Crippen molar-refractivity contribution in [2.75, 3.05) is 53.0 Å². The van der Waals surface area contributed by atoms with E-state index >= 15 is 0 Å². The molecule has 1 saturated carbocycles. The first-order valence-corrected chi connectivity index (χ1v) is 16.7. The van der Waals surface area contributed by atoms with E-state index in [9.17, 15) is 4.79 Å². The van der Waals surface area contributed by atoms with Crippen LogP contribution >= 0.6 is 0 Å². The Hall–Kier alpha value is -3.53. The van der Waals surface area contributed by atoms with E-state index in [0.29, 0.717) is 44.0 Å². The van der Waals surface area contributed by atoms with Crippen molar-refractivity contribution in [2.24, 2.45) is 0 Å². The van der Waals surface area contributed by atoms with Gasteiger partial charge in [0.1, 0.15) is 11.9 Å². The van der Waals surface area contributed by atoms with Gasteiger partial charge >= 0.3 is 0 Å². The van der Waals surface area contributed by atoms with E-state index in [4.69, 9.17) is 24.2 Å². The second-order valence-electron chi connectivity index (χ2n) is 12.8. The Morgan fingerprint density at radius 2 is 1.64 bits per heavy atom. The van der Waals surface area contributed by atoms with Gasteiger partial charge in [0.15, 0.2) is 0 Å². The van der Waals surface area contributed by atoms with E-state index in [1.165, 1.54) is 11.1 Å². The number of ether oxygens (including phenoxy) is 3. The monoisotopic (exact) mass is 611 g/mol. The lowest BCUT2D eigenvalue weighted by Gasteiger charge is -2.53. The normalized spacial score (nSPS) is 24.1. The highest BCUT2D eigenvalue weighted by molar-refractivity contribution is 5.81. The minimum atomic E-state index is -0.298. The zero-order valence-corrected chi connectivity index (χ0v) is 26.5. The molecule has 3 atom stereocenters. The summed E-state index contributed by atoms with van der Waals surface area (Å²) in [5.74, 6) is 2.77. The summed E-state index contributed by atoms with van der Waals surface area (Å²) in [4.78, 5) is 30.5. The lowest BCUT2D eigenvalue weighted by atomic mass is 9.81. The van der Waals surface area contributed by atoms with Crippen molar-refractivity contribution in [3.63, 3.8) is 0 Å². The molecule has 1 unspecified atom stereocenters. The van der Waals surface area contributed by atoms with Crippen LogP contribution in [-0.4, -0.2) is 102 Å². The Labute approximate surface area is 266 Å². The summed E-state index contributed by atoms with van der Waals surface area (Å²) in [7, 11) is 1.69. The van der Waals surface area contributed by atoms with Gasteiger partial charge < -0.3 is 19.1 Å². The Morgan fingerprint density at radius 1 is 0.933 bits per heavy atom. The zero-order chi connectivity index (χ0) is 30.8. The van der Waals surface area contributed by atoms with Gasteiger partial charge in [0.2, 0.25) is 11.8 Å². The van der Waals surface area contributed by atoms with E-state index in [1.807, 2.05) is 6.92 Å². The Bertz CT molecular complexity index is 1410. The van der Waals surface area contributed by atoms with Crippen molar-refractivity contribution in [1.82, 2.24) is 24.7 Å². The van der Waals surface area contributed by atoms with Gasteiger partial charge in [-0.25, -0.2) is 0 Å². The van der Waals surface area contributed by atoms with E-state index < -0.39 is 0 Å². The SMILES string of the molecule is CCOc1nc(C2CC2)nc(OC)c1CN1CC(C(c2ccccc2)c2ccccc2)N2CCN(C(=O)[C@@H]3CCCO3)C[C@H]2C1.